The summed E-state index contributed by atoms with van der Waals surface area (Å²) in [6.07, 6.45) is -1.11. The van der Waals surface area contributed by atoms with Gasteiger partial charge in [-0.3, -0.25) is 10.2 Å². The van der Waals surface area contributed by atoms with Gasteiger partial charge in [-0.15, -0.1) is 0 Å². The summed E-state index contributed by atoms with van der Waals surface area (Å²) >= 11 is 0. The summed E-state index contributed by atoms with van der Waals surface area (Å²) in [5.74, 6) is -0.425. The van der Waals surface area contributed by atoms with E-state index in [4.69, 9.17) is 0 Å². The third-order valence-corrected chi connectivity index (χ3v) is 2.25. The first-order valence-electron chi connectivity index (χ1n) is 5.29. The Morgan fingerprint density at radius 2 is 1.81 bits per heavy atom. The van der Waals surface area contributed by atoms with Crippen molar-refractivity contribution in [2.24, 2.45) is 0 Å². The summed E-state index contributed by atoms with van der Waals surface area (Å²) in [6.45, 7) is 0.0897. The highest BCUT2D eigenvalue weighted by molar-refractivity contribution is 5.77. The Labute approximate surface area is 92.1 Å². The number of nitrogens with zero attached hydrogens (tertiary/aromatic N) is 1. The van der Waals surface area contributed by atoms with Crippen LogP contribution in [0.4, 0.5) is 13.2 Å². The lowest BCUT2D eigenvalue weighted by Gasteiger charge is -2.26. The standard InChI is InChI=1S/C9H16F3N3O/c10-9(11,12)7-13-6-8(16)14-15-4-2-1-3-5-15/h13H,1-7H2,(H,14,16). The summed E-state index contributed by atoms with van der Waals surface area (Å²) < 4.78 is 35.3. The molecule has 1 saturated heterocycles. The predicted octanol–water partition coefficient (Wildman–Crippen LogP) is 0.655. The fraction of sp³-hybridized carbons (Fsp3) is 0.889. The van der Waals surface area contributed by atoms with Crippen molar-refractivity contribution in [3.05, 3.63) is 0 Å². The number of nitrogens with one attached hydrogen (secondary N) is 2. The van der Waals surface area contributed by atoms with Crippen molar-refractivity contribution in [2.45, 2.75) is 25.4 Å². The number of carbonyl (C=O) groups is 1. The monoisotopic (exact) mass is 239 g/mol. The SMILES string of the molecule is O=C(CNCC(F)(F)F)NN1CCCCC1. The highest BCUT2D eigenvalue weighted by Crippen LogP contribution is 2.11. The summed E-state index contributed by atoms with van der Waals surface area (Å²) in [4.78, 5) is 11.2. The molecule has 1 fully saturated rings. The van der Waals surface area contributed by atoms with E-state index in [1.54, 1.807) is 5.01 Å². The van der Waals surface area contributed by atoms with Crippen LogP contribution in [0.5, 0.6) is 0 Å². The summed E-state index contributed by atoms with van der Waals surface area (Å²) in [5, 5.41) is 3.80. The zero-order chi connectivity index (χ0) is 12.0. The first-order valence-corrected chi connectivity index (χ1v) is 5.29. The molecular weight excluding hydrogens is 223 g/mol. The number of alkyl halides is 3. The third kappa shape index (κ3) is 5.92. The Hall–Kier alpha value is -0.820. The minimum absolute atomic E-state index is 0.310. The minimum atomic E-state index is -4.27. The first kappa shape index (κ1) is 13.2. The number of hydrazine groups is 1. The predicted molar refractivity (Wildman–Crippen MR) is 52.5 cm³/mol. The lowest BCUT2D eigenvalue weighted by Crippen LogP contribution is -2.48. The second-order valence-electron chi connectivity index (χ2n) is 3.80. The van der Waals surface area contributed by atoms with Crippen molar-refractivity contribution in [3.8, 4) is 0 Å². The van der Waals surface area contributed by atoms with Gasteiger partial charge in [0.25, 0.3) is 0 Å². The summed E-state index contributed by atoms with van der Waals surface area (Å²) in [5.41, 5.74) is 2.57. The zero-order valence-corrected chi connectivity index (χ0v) is 8.94. The Morgan fingerprint density at radius 3 is 2.38 bits per heavy atom. The van der Waals surface area contributed by atoms with Gasteiger partial charge >= 0.3 is 6.18 Å². The lowest BCUT2D eigenvalue weighted by atomic mass is 10.2. The number of amides is 1. The van der Waals surface area contributed by atoms with E-state index in [-0.39, 0.29) is 6.54 Å². The Bertz CT molecular complexity index is 227. The van der Waals surface area contributed by atoms with Crippen LogP contribution in [0.25, 0.3) is 0 Å². The Balaban J connectivity index is 2.10. The number of carbonyl (C=O) groups excluding carboxylic acids is 1. The number of piperidine rings is 1. The fourth-order valence-corrected chi connectivity index (χ4v) is 1.54. The molecule has 7 heteroatoms. The molecule has 0 unspecified atom stereocenters. The van der Waals surface area contributed by atoms with Crippen LogP contribution in [0.15, 0.2) is 0 Å². The fourth-order valence-electron chi connectivity index (χ4n) is 1.54. The molecule has 0 spiro atoms. The molecule has 1 heterocycles. The molecule has 0 aromatic carbocycles. The summed E-state index contributed by atoms with van der Waals surface area (Å²) in [6, 6.07) is 0. The van der Waals surface area contributed by atoms with E-state index < -0.39 is 18.6 Å². The van der Waals surface area contributed by atoms with Gasteiger partial charge in [0.05, 0.1) is 13.1 Å². The van der Waals surface area contributed by atoms with Crippen molar-refractivity contribution in [1.82, 2.24) is 15.8 Å². The molecule has 0 aromatic rings. The van der Waals surface area contributed by atoms with E-state index in [2.05, 4.69) is 10.7 Å². The molecular formula is C9H16F3N3O. The minimum Gasteiger partial charge on any atom is -0.300 e. The van der Waals surface area contributed by atoms with Crippen LogP contribution in [-0.4, -0.2) is 43.3 Å². The molecule has 1 aliphatic heterocycles. The topological polar surface area (TPSA) is 44.4 Å². The quantitative estimate of drug-likeness (QED) is 0.757. The van der Waals surface area contributed by atoms with Crippen LogP contribution in [0.2, 0.25) is 0 Å². The molecule has 0 bridgehead atoms. The van der Waals surface area contributed by atoms with Gasteiger partial charge < -0.3 is 5.32 Å². The third-order valence-electron chi connectivity index (χ3n) is 2.25. The van der Waals surface area contributed by atoms with Gasteiger partial charge in [0, 0.05) is 13.1 Å². The molecule has 0 saturated carbocycles. The molecule has 0 aromatic heterocycles. The van der Waals surface area contributed by atoms with Crippen LogP contribution in [0, 0.1) is 0 Å². The van der Waals surface area contributed by atoms with Crippen LogP contribution >= 0.6 is 0 Å². The molecule has 0 aliphatic carbocycles. The van der Waals surface area contributed by atoms with Gasteiger partial charge in [-0.1, -0.05) is 6.42 Å². The molecule has 2 N–H and O–H groups in total. The van der Waals surface area contributed by atoms with Gasteiger partial charge in [-0.25, -0.2) is 5.01 Å². The van der Waals surface area contributed by atoms with Crippen molar-refractivity contribution < 1.29 is 18.0 Å². The van der Waals surface area contributed by atoms with Crippen molar-refractivity contribution in [2.75, 3.05) is 26.2 Å². The van der Waals surface area contributed by atoms with Crippen LogP contribution < -0.4 is 10.7 Å². The van der Waals surface area contributed by atoms with Gasteiger partial charge in [0.15, 0.2) is 0 Å². The molecule has 1 amide bonds. The molecule has 94 valence electrons. The first-order chi connectivity index (χ1) is 7.47. The maximum Gasteiger partial charge on any atom is 0.401 e. The second kappa shape index (κ2) is 6.05. The average molecular weight is 239 g/mol. The van der Waals surface area contributed by atoms with E-state index in [0.29, 0.717) is 0 Å². The number of hydrogen-bond acceptors (Lipinski definition) is 3. The van der Waals surface area contributed by atoms with E-state index in [1.807, 2.05) is 0 Å². The van der Waals surface area contributed by atoms with Crippen molar-refractivity contribution in [3.63, 3.8) is 0 Å². The van der Waals surface area contributed by atoms with Gasteiger partial charge in [-0.05, 0) is 12.8 Å². The van der Waals surface area contributed by atoms with Gasteiger partial charge in [0.2, 0.25) is 5.91 Å². The highest BCUT2D eigenvalue weighted by Gasteiger charge is 2.26. The maximum absolute atomic E-state index is 11.8. The second-order valence-corrected chi connectivity index (χ2v) is 3.80. The molecule has 16 heavy (non-hydrogen) atoms. The number of rotatable bonds is 4. The molecule has 4 nitrogen and oxygen atoms in total. The Morgan fingerprint density at radius 1 is 1.19 bits per heavy atom. The van der Waals surface area contributed by atoms with E-state index in [1.165, 1.54) is 0 Å². The average Bonchev–Trinajstić information content (AvgIpc) is 2.17. The smallest absolute Gasteiger partial charge is 0.300 e. The zero-order valence-electron chi connectivity index (χ0n) is 8.94. The van der Waals surface area contributed by atoms with Crippen molar-refractivity contribution in [1.29, 1.82) is 0 Å². The van der Waals surface area contributed by atoms with E-state index in [0.717, 1.165) is 32.4 Å². The molecule has 0 radical (unpaired) electrons. The van der Waals surface area contributed by atoms with Gasteiger partial charge in [-0.2, -0.15) is 13.2 Å². The van der Waals surface area contributed by atoms with E-state index >= 15 is 0 Å². The van der Waals surface area contributed by atoms with E-state index in [9.17, 15) is 18.0 Å². The van der Waals surface area contributed by atoms with Gasteiger partial charge in [0.1, 0.15) is 0 Å². The number of halogens is 3. The van der Waals surface area contributed by atoms with Crippen LogP contribution in [0.3, 0.4) is 0 Å². The normalized spacial score (nSPS) is 18.4. The summed E-state index contributed by atoms with van der Waals surface area (Å²) in [7, 11) is 0. The maximum atomic E-state index is 11.8. The number of hydrogen-bond donors (Lipinski definition) is 2. The molecule has 1 aliphatic rings. The highest BCUT2D eigenvalue weighted by atomic mass is 19.4. The molecule has 1 rings (SSSR count). The largest absolute Gasteiger partial charge is 0.401 e. The molecule has 0 atom stereocenters. The van der Waals surface area contributed by atoms with Crippen LogP contribution in [-0.2, 0) is 4.79 Å². The lowest BCUT2D eigenvalue weighted by molar-refractivity contribution is -0.131. The van der Waals surface area contributed by atoms with Crippen molar-refractivity contribution >= 4 is 5.91 Å². The van der Waals surface area contributed by atoms with Crippen LogP contribution in [0.1, 0.15) is 19.3 Å². The Kier molecular flexibility index (Phi) is 5.01.